The number of hydrogen-bond donors (Lipinski definition) is 1. The van der Waals surface area contributed by atoms with Crippen molar-refractivity contribution in [1.29, 1.82) is 0 Å². The number of aliphatic hydroxyl groups excluding tert-OH is 1. The van der Waals surface area contributed by atoms with Crippen LogP contribution in [0.3, 0.4) is 0 Å². The molecule has 2 atom stereocenters. The highest BCUT2D eigenvalue weighted by Gasteiger charge is 2.42. The molecular formula is C20H29N3O4S. The van der Waals surface area contributed by atoms with Gasteiger partial charge in [0.05, 0.1) is 17.0 Å². The number of β-amino-alcohol motifs (C(OH)–C–C–N with tert-alkyl or cyclic N) is 1. The maximum atomic E-state index is 12.8. The van der Waals surface area contributed by atoms with E-state index in [2.05, 4.69) is 4.90 Å². The first kappa shape index (κ1) is 19.8. The van der Waals surface area contributed by atoms with Crippen LogP contribution in [0, 0.1) is 5.92 Å². The number of nitrogens with zero attached hydrogens (tertiary/aromatic N) is 3. The molecule has 8 heteroatoms. The van der Waals surface area contributed by atoms with Gasteiger partial charge >= 0.3 is 0 Å². The molecule has 154 valence electrons. The van der Waals surface area contributed by atoms with Gasteiger partial charge in [-0.05, 0) is 50.9 Å². The number of amides is 1. The molecule has 1 aromatic rings. The lowest BCUT2D eigenvalue weighted by molar-refractivity contribution is -0.136. The van der Waals surface area contributed by atoms with Gasteiger partial charge in [-0.15, -0.1) is 0 Å². The van der Waals surface area contributed by atoms with Crippen molar-refractivity contribution >= 4 is 15.9 Å². The predicted molar refractivity (Wildman–Crippen MR) is 105 cm³/mol. The Bertz CT molecular complexity index is 787. The van der Waals surface area contributed by atoms with E-state index >= 15 is 0 Å². The molecule has 7 nitrogen and oxygen atoms in total. The van der Waals surface area contributed by atoms with Crippen LogP contribution in [0.5, 0.6) is 0 Å². The van der Waals surface area contributed by atoms with E-state index in [0.29, 0.717) is 6.54 Å². The SMILES string of the molecule is O=C(C1CCN([C@@H]2CN(S(=O)(=O)c3ccccc3)C[C@H]2O)CC1)N1CCCC1. The van der Waals surface area contributed by atoms with Crippen molar-refractivity contribution in [3.8, 4) is 0 Å². The smallest absolute Gasteiger partial charge is 0.243 e. The van der Waals surface area contributed by atoms with Crippen LogP contribution in [-0.4, -0.2) is 85.0 Å². The summed E-state index contributed by atoms with van der Waals surface area (Å²) in [6.45, 7) is 3.63. The molecule has 3 heterocycles. The highest BCUT2D eigenvalue weighted by Crippen LogP contribution is 2.28. The van der Waals surface area contributed by atoms with Crippen LogP contribution in [-0.2, 0) is 14.8 Å². The summed E-state index contributed by atoms with van der Waals surface area (Å²) in [5.74, 6) is 0.342. The highest BCUT2D eigenvalue weighted by molar-refractivity contribution is 7.89. The summed E-state index contributed by atoms with van der Waals surface area (Å²) in [6, 6.07) is 8.17. The molecule has 0 bridgehead atoms. The monoisotopic (exact) mass is 407 g/mol. The van der Waals surface area contributed by atoms with Crippen molar-refractivity contribution in [2.45, 2.75) is 42.7 Å². The third kappa shape index (κ3) is 3.83. The molecule has 3 aliphatic heterocycles. The number of aliphatic hydroxyl groups is 1. The van der Waals surface area contributed by atoms with E-state index in [-0.39, 0.29) is 29.3 Å². The highest BCUT2D eigenvalue weighted by atomic mass is 32.2. The Balaban J connectivity index is 1.36. The number of hydrogen-bond acceptors (Lipinski definition) is 5. The van der Waals surface area contributed by atoms with Crippen molar-refractivity contribution in [2.75, 3.05) is 39.3 Å². The van der Waals surface area contributed by atoms with Gasteiger partial charge in [0.15, 0.2) is 0 Å². The first-order valence-corrected chi connectivity index (χ1v) is 11.7. The van der Waals surface area contributed by atoms with Crippen LogP contribution < -0.4 is 0 Å². The fraction of sp³-hybridized carbons (Fsp3) is 0.650. The molecule has 4 rings (SSSR count). The molecule has 0 saturated carbocycles. The quantitative estimate of drug-likeness (QED) is 0.797. The zero-order chi connectivity index (χ0) is 19.7. The summed E-state index contributed by atoms with van der Waals surface area (Å²) in [4.78, 5) is 17.0. The van der Waals surface area contributed by atoms with Gasteiger partial charge in [0.25, 0.3) is 0 Å². The normalized spacial score (nSPS) is 28.1. The lowest BCUT2D eigenvalue weighted by Crippen LogP contribution is -2.49. The Morgan fingerprint density at radius 2 is 1.61 bits per heavy atom. The third-order valence-corrected chi connectivity index (χ3v) is 8.22. The topological polar surface area (TPSA) is 81.2 Å². The number of likely N-dealkylation sites (tertiary alicyclic amines) is 2. The maximum Gasteiger partial charge on any atom is 0.243 e. The van der Waals surface area contributed by atoms with E-state index in [1.54, 1.807) is 30.3 Å². The molecule has 3 fully saturated rings. The van der Waals surface area contributed by atoms with Gasteiger partial charge in [0.1, 0.15) is 0 Å². The van der Waals surface area contributed by atoms with Crippen molar-refractivity contribution in [3.63, 3.8) is 0 Å². The molecular weight excluding hydrogens is 378 g/mol. The second-order valence-electron chi connectivity index (χ2n) is 8.11. The molecule has 0 unspecified atom stereocenters. The van der Waals surface area contributed by atoms with Crippen LogP contribution in [0.1, 0.15) is 25.7 Å². The van der Waals surface area contributed by atoms with E-state index < -0.39 is 16.1 Å². The van der Waals surface area contributed by atoms with Crippen molar-refractivity contribution < 1.29 is 18.3 Å². The van der Waals surface area contributed by atoms with Gasteiger partial charge < -0.3 is 10.0 Å². The molecule has 0 spiro atoms. The average molecular weight is 408 g/mol. The fourth-order valence-electron chi connectivity index (χ4n) is 4.71. The predicted octanol–water partition coefficient (Wildman–Crippen LogP) is 0.755. The average Bonchev–Trinajstić information content (AvgIpc) is 3.38. The lowest BCUT2D eigenvalue weighted by atomic mass is 9.94. The first-order chi connectivity index (χ1) is 13.5. The van der Waals surface area contributed by atoms with Gasteiger partial charge in [0, 0.05) is 32.1 Å². The Morgan fingerprint density at radius 1 is 0.964 bits per heavy atom. The van der Waals surface area contributed by atoms with Crippen molar-refractivity contribution in [3.05, 3.63) is 30.3 Å². The van der Waals surface area contributed by atoms with Gasteiger partial charge in [0.2, 0.25) is 15.9 Å². The van der Waals surface area contributed by atoms with E-state index in [4.69, 9.17) is 0 Å². The second kappa shape index (κ2) is 8.10. The Hall–Kier alpha value is -1.48. The van der Waals surface area contributed by atoms with Crippen LogP contribution in [0.25, 0.3) is 0 Å². The molecule has 1 aromatic carbocycles. The lowest BCUT2D eigenvalue weighted by Gasteiger charge is -2.37. The van der Waals surface area contributed by atoms with E-state index in [1.165, 1.54) is 4.31 Å². The summed E-state index contributed by atoms with van der Waals surface area (Å²) in [7, 11) is -3.59. The third-order valence-electron chi connectivity index (χ3n) is 6.37. The summed E-state index contributed by atoms with van der Waals surface area (Å²) in [6.07, 6.45) is 3.06. The van der Waals surface area contributed by atoms with Crippen molar-refractivity contribution in [2.24, 2.45) is 5.92 Å². The number of rotatable bonds is 4. The molecule has 0 radical (unpaired) electrons. The Labute approximate surface area is 167 Å². The second-order valence-corrected chi connectivity index (χ2v) is 10.1. The van der Waals surface area contributed by atoms with Crippen molar-refractivity contribution in [1.82, 2.24) is 14.1 Å². The van der Waals surface area contributed by atoms with Gasteiger partial charge in [-0.2, -0.15) is 4.31 Å². The molecule has 3 aliphatic rings. The van der Waals surface area contributed by atoms with Crippen LogP contribution in [0.4, 0.5) is 0 Å². The standard InChI is InChI=1S/C20H29N3O4S/c24-19-15-23(28(26,27)17-6-2-1-3-7-17)14-18(19)21-12-8-16(9-13-21)20(25)22-10-4-5-11-22/h1-3,6-7,16,18-19,24H,4-5,8-15H2/t18-,19-/m1/s1. The van der Waals surface area contributed by atoms with Gasteiger partial charge in [-0.3, -0.25) is 9.69 Å². The molecule has 3 saturated heterocycles. The molecule has 1 N–H and O–H groups in total. The number of sulfonamides is 1. The first-order valence-electron chi connectivity index (χ1n) is 10.2. The zero-order valence-corrected chi connectivity index (χ0v) is 16.9. The maximum absolute atomic E-state index is 12.8. The minimum atomic E-state index is -3.59. The zero-order valence-electron chi connectivity index (χ0n) is 16.1. The van der Waals surface area contributed by atoms with Crippen LogP contribution in [0.15, 0.2) is 35.2 Å². The minimum absolute atomic E-state index is 0.0667. The summed E-state index contributed by atoms with van der Waals surface area (Å²) in [5, 5.41) is 10.5. The fourth-order valence-corrected chi connectivity index (χ4v) is 6.20. The number of carbonyl (C=O) groups excluding carboxylic acids is 1. The minimum Gasteiger partial charge on any atom is -0.390 e. The number of piperidine rings is 1. The summed E-state index contributed by atoms with van der Waals surface area (Å²) >= 11 is 0. The Morgan fingerprint density at radius 3 is 2.25 bits per heavy atom. The largest absolute Gasteiger partial charge is 0.390 e. The summed E-state index contributed by atoms with van der Waals surface area (Å²) in [5.41, 5.74) is 0. The number of carbonyl (C=O) groups is 1. The van der Waals surface area contributed by atoms with Gasteiger partial charge in [-0.25, -0.2) is 8.42 Å². The molecule has 1 amide bonds. The number of benzene rings is 1. The van der Waals surface area contributed by atoms with E-state index in [0.717, 1.165) is 51.9 Å². The summed E-state index contributed by atoms with van der Waals surface area (Å²) < 4.78 is 27.1. The van der Waals surface area contributed by atoms with Gasteiger partial charge in [-0.1, -0.05) is 18.2 Å². The van der Waals surface area contributed by atoms with E-state index in [1.807, 2.05) is 4.90 Å². The Kier molecular flexibility index (Phi) is 5.73. The molecule has 28 heavy (non-hydrogen) atoms. The van der Waals surface area contributed by atoms with Crippen LogP contribution in [0.2, 0.25) is 0 Å². The molecule has 0 aromatic heterocycles. The van der Waals surface area contributed by atoms with E-state index in [9.17, 15) is 18.3 Å². The van der Waals surface area contributed by atoms with Crippen LogP contribution >= 0.6 is 0 Å². The molecule has 0 aliphatic carbocycles.